The number of carbonyl (C=O) groups excluding carboxylic acids is 1. The Morgan fingerprint density at radius 1 is 1.08 bits per heavy atom. The molecule has 0 saturated heterocycles. The Balaban J connectivity index is 1.70. The van der Waals surface area contributed by atoms with Crippen LogP contribution in [0.1, 0.15) is 36.0 Å². The zero-order valence-electron chi connectivity index (χ0n) is 13.7. The Labute approximate surface area is 146 Å². The summed E-state index contributed by atoms with van der Waals surface area (Å²) in [6.07, 6.45) is 3.06. The molecule has 25 heavy (non-hydrogen) atoms. The number of hydrogen-bond acceptors (Lipinski definition) is 4. The van der Waals surface area contributed by atoms with E-state index >= 15 is 0 Å². The third-order valence-electron chi connectivity index (χ3n) is 4.45. The number of nitriles is 2. The molecule has 2 aromatic carbocycles. The van der Waals surface area contributed by atoms with Crippen LogP contribution in [0.15, 0.2) is 42.5 Å². The smallest absolute Gasteiger partial charge is 0.227 e. The molecule has 0 spiro atoms. The van der Waals surface area contributed by atoms with Crippen LogP contribution in [0.25, 0.3) is 0 Å². The van der Waals surface area contributed by atoms with Gasteiger partial charge in [-0.15, -0.1) is 0 Å². The highest BCUT2D eigenvalue weighted by Crippen LogP contribution is 2.28. The second kappa shape index (κ2) is 7.51. The highest BCUT2D eigenvalue weighted by molar-refractivity contribution is 5.93. The number of nitrogens with one attached hydrogen (secondary N) is 2. The Kier molecular flexibility index (Phi) is 4.97. The first-order chi connectivity index (χ1) is 12.2. The largest absolute Gasteiger partial charge is 0.379 e. The molecule has 0 atom stereocenters. The van der Waals surface area contributed by atoms with E-state index < -0.39 is 0 Å². The first-order valence-corrected chi connectivity index (χ1v) is 8.28. The van der Waals surface area contributed by atoms with Crippen molar-refractivity contribution < 1.29 is 4.79 Å². The molecular weight excluding hydrogens is 312 g/mol. The minimum Gasteiger partial charge on any atom is -0.379 e. The van der Waals surface area contributed by atoms with Gasteiger partial charge in [-0.1, -0.05) is 24.6 Å². The Morgan fingerprint density at radius 3 is 2.36 bits per heavy atom. The van der Waals surface area contributed by atoms with E-state index in [0.717, 1.165) is 30.5 Å². The average Bonchev–Trinajstić information content (AvgIpc) is 2.58. The maximum Gasteiger partial charge on any atom is 0.227 e. The van der Waals surface area contributed by atoms with Crippen molar-refractivity contribution in [2.75, 3.05) is 10.6 Å². The molecule has 124 valence electrons. The van der Waals surface area contributed by atoms with Gasteiger partial charge in [0.1, 0.15) is 12.1 Å². The number of rotatable bonds is 5. The van der Waals surface area contributed by atoms with Crippen molar-refractivity contribution in [2.24, 2.45) is 5.92 Å². The summed E-state index contributed by atoms with van der Waals surface area (Å²) in [5.41, 5.74) is 3.15. The molecule has 1 aliphatic carbocycles. The Morgan fingerprint density at radius 2 is 1.76 bits per heavy atom. The lowest BCUT2D eigenvalue weighted by atomic mass is 9.85. The van der Waals surface area contributed by atoms with Crippen molar-refractivity contribution in [1.82, 2.24) is 0 Å². The maximum absolute atomic E-state index is 12.1. The fourth-order valence-electron chi connectivity index (χ4n) is 2.79. The van der Waals surface area contributed by atoms with Gasteiger partial charge in [0, 0.05) is 18.2 Å². The van der Waals surface area contributed by atoms with E-state index in [2.05, 4.69) is 22.8 Å². The van der Waals surface area contributed by atoms with E-state index in [9.17, 15) is 15.3 Å². The van der Waals surface area contributed by atoms with Crippen LogP contribution in [-0.2, 0) is 11.3 Å². The lowest BCUT2D eigenvalue weighted by molar-refractivity contribution is -0.122. The zero-order chi connectivity index (χ0) is 17.6. The van der Waals surface area contributed by atoms with Crippen molar-refractivity contribution in [2.45, 2.75) is 25.8 Å². The van der Waals surface area contributed by atoms with E-state index in [1.54, 1.807) is 18.2 Å². The summed E-state index contributed by atoms with van der Waals surface area (Å²) in [7, 11) is 0. The van der Waals surface area contributed by atoms with Gasteiger partial charge in [0.15, 0.2) is 0 Å². The maximum atomic E-state index is 12.1. The summed E-state index contributed by atoms with van der Waals surface area (Å²) in [5, 5.41) is 24.5. The van der Waals surface area contributed by atoms with Crippen LogP contribution in [0.5, 0.6) is 0 Å². The Hall–Kier alpha value is -3.31. The molecule has 3 rings (SSSR count). The van der Waals surface area contributed by atoms with Gasteiger partial charge in [0.2, 0.25) is 5.91 Å². The summed E-state index contributed by atoms with van der Waals surface area (Å²) >= 11 is 0. The second-order valence-electron chi connectivity index (χ2n) is 6.12. The molecular formula is C20H18N4O. The molecule has 0 unspecified atom stereocenters. The lowest BCUT2D eigenvalue weighted by Gasteiger charge is -2.24. The molecule has 2 aromatic rings. The van der Waals surface area contributed by atoms with Crippen molar-refractivity contribution in [3.63, 3.8) is 0 Å². The van der Waals surface area contributed by atoms with Gasteiger partial charge >= 0.3 is 0 Å². The van der Waals surface area contributed by atoms with Crippen molar-refractivity contribution in [1.29, 1.82) is 10.5 Å². The van der Waals surface area contributed by atoms with Crippen LogP contribution < -0.4 is 10.6 Å². The van der Waals surface area contributed by atoms with Gasteiger partial charge in [-0.3, -0.25) is 4.79 Å². The molecule has 0 aliphatic heterocycles. The van der Waals surface area contributed by atoms with Gasteiger partial charge in [0.05, 0.1) is 16.8 Å². The highest BCUT2D eigenvalue weighted by atomic mass is 16.1. The minimum atomic E-state index is 0.0814. The molecule has 5 heteroatoms. The number of benzene rings is 2. The average molecular weight is 330 g/mol. The molecule has 1 fully saturated rings. The topological polar surface area (TPSA) is 88.7 Å². The monoisotopic (exact) mass is 330 g/mol. The highest BCUT2D eigenvalue weighted by Gasteiger charge is 2.25. The summed E-state index contributed by atoms with van der Waals surface area (Å²) < 4.78 is 0. The summed E-state index contributed by atoms with van der Waals surface area (Å²) in [4.78, 5) is 12.1. The summed E-state index contributed by atoms with van der Waals surface area (Å²) in [5.74, 6) is 0.223. The van der Waals surface area contributed by atoms with Gasteiger partial charge < -0.3 is 10.6 Å². The molecule has 1 aliphatic rings. The number of hydrogen-bond donors (Lipinski definition) is 2. The normalized spacial score (nSPS) is 13.2. The Bertz CT molecular complexity index is 840. The first-order valence-electron chi connectivity index (χ1n) is 8.28. The van der Waals surface area contributed by atoms with Gasteiger partial charge in [-0.2, -0.15) is 10.5 Å². The van der Waals surface area contributed by atoms with E-state index in [4.69, 9.17) is 0 Å². The summed E-state index contributed by atoms with van der Waals surface area (Å²) in [6.45, 7) is 0.459. The number of nitrogens with zero attached hydrogens (tertiary/aromatic N) is 2. The quantitative estimate of drug-likeness (QED) is 0.873. The van der Waals surface area contributed by atoms with E-state index in [1.165, 1.54) is 0 Å². The van der Waals surface area contributed by atoms with E-state index in [0.29, 0.717) is 23.4 Å². The fraction of sp³-hybridized carbons (Fsp3) is 0.250. The number of para-hydroxylation sites is 1. The number of carbonyl (C=O) groups is 1. The van der Waals surface area contributed by atoms with E-state index in [-0.39, 0.29) is 11.8 Å². The predicted octanol–water partition coefficient (Wildman–Crippen LogP) is 3.78. The van der Waals surface area contributed by atoms with Gasteiger partial charge in [0.25, 0.3) is 0 Å². The SMILES string of the molecule is N#Cc1cccc(C#N)c1NCc1cccc(NC(=O)C2CCC2)c1. The standard InChI is InChI=1S/C20H18N4O/c21-11-16-7-3-8-17(12-22)19(16)23-13-14-4-1-9-18(10-14)24-20(25)15-5-2-6-15/h1,3-4,7-10,15,23H,2,5-6,13H2,(H,24,25). The van der Waals surface area contributed by atoms with Crippen LogP contribution in [0.3, 0.4) is 0 Å². The van der Waals surface area contributed by atoms with Crippen molar-refractivity contribution >= 4 is 17.3 Å². The minimum absolute atomic E-state index is 0.0814. The predicted molar refractivity (Wildman–Crippen MR) is 95.6 cm³/mol. The van der Waals surface area contributed by atoms with Crippen molar-refractivity contribution in [3.05, 3.63) is 59.2 Å². The van der Waals surface area contributed by atoms with Gasteiger partial charge in [-0.25, -0.2) is 0 Å². The number of amides is 1. The van der Waals surface area contributed by atoms with Crippen LogP contribution in [0.2, 0.25) is 0 Å². The molecule has 1 amide bonds. The van der Waals surface area contributed by atoms with Crippen LogP contribution in [0, 0.1) is 28.6 Å². The van der Waals surface area contributed by atoms with Crippen LogP contribution >= 0.6 is 0 Å². The lowest BCUT2D eigenvalue weighted by Crippen LogP contribution is -2.28. The first kappa shape index (κ1) is 16.5. The molecule has 5 nitrogen and oxygen atoms in total. The second-order valence-corrected chi connectivity index (χ2v) is 6.12. The van der Waals surface area contributed by atoms with E-state index in [1.807, 2.05) is 24.3 Å². The zero-order valence-corrected chi connectivity index (χ0v) is 13.7. The molecule has 0 bridgehead atoms. The van der Waals surface area contributed by atoms with Crippen LogP contribution in [-0.4, -0.2) is 5.91 Å². The molecule has 0 heterocycles. The van der Waals surface area contributed by atoms with Gasteiger partial charge in [-0.05, 0) is 42.7 Å². The number of anilines is 2. The molecule has 2 N–H and O–H groups in total. The third kappa shape index (κ3) is 3.79. The van der Waals surface area contributed by atoms with Crippen molar-refractivity contribution in [3.8, 4) is 12.1 Å². The summed E-state index contributed by atoms with van der Waals surface area (Å²) in [6, 6.07) is 16.8. The molecule has 0 radical (unpaired) electrons. The third-order valence-corrected chi connectivity index (χ3v) is 4.45. The molecule has 1 saturated carbocycles. The molecule has 0 aromatic heterocycles. The fourth-order valence-corrected chi connectivity index (χ4v) is 2.79. The van der Waals surface area contributed by atoms with Crippen LogP contribution in [0.4, 0.5) is 11.4 Å².